The van der Waals surface area contributed by atoms with E-state index in [1.54, 1.807) is 29.3 Å². The van der Waals surface area contributed by atoms with E-state index in [4.69, 9.17) is 5.73 Å². The number of carbonyl (C=O) groups excluding carboxylic acids is 1. The van der Waals surface area contributed by atoms with Gasteiger partial charge in [0.05, 0.1) is 6.04 Å². The van der Waals surface area contributed by atoms with Crippen molar-refractivity contribution < 1.29 is 4.79 Å². The third kappa shape index (κ3) is 3.20. The zero-order valence-electron chi connectivity index (χ0n) is 15.6. The molecule has 5 heteroatoms. The van der Waals surface area contributed by atoms with Crippen LogP contribution >= 0.6 is 0 Å². The standard InChI is InChI=1S/C21H24N4O/c1-13-7-5-9-17-19(14(2)24-20(13)17)15(3)25(4)18(26)11-10-16-8-6-12-23-21(16)22/h5-12,15,24H,1-4H3,(H2,22,23)/b11-10+. The molecule has 0 saturated carbocycles. The Hall–Kier alpha value is -3.08. The van der Waals surface area contributed by atoms with E-state index < -0.39 is 0 Å². The van der Waals surface area contributed by atoms with Crippen molar-refractivity contribution in [3.8, 4) is 0 Å². The highest BCUT2D eigenvalue weighted by Crippen LogP contribution is 2.32. The van der Waals surface area contributed by atoms with Gasteiger partial charge in [-0.25, -0.2) is 4.98 Å². The summed E-state index contributed by atoms with van der Waals surface area (Å²) < 4.78 is 0. The molecule has 0 fully saturated rings. The first-order valence-corrected chi connectivity index (χ1v) is 8.63. The van der Waals surface area contributed by atoms with Crippen molar-refractivity contribution in [3.63, 3.8) is 0 Å². The summed E-state index contributed by atoms with van der Waals surface area (Å²) in [4.78, 5) is 21.9. The number of fused-ring (bicyclic) bond motifs is 1. The topological polar surface area (TPSA) is 75.0 Å². The number of aromatic amines is 1. The van der Waals surface area contributed by atoms with Gasteiger partial charge in [0.1, 0.15) is 5.82 Å². The third-order valence-electron chi connectivity index (χ3n) is 4.90. The number of rotatable bonds is 4. The second-order valence-electron chi connectivity index (χ2n) is 6.60. The Bertz CT molecular complexity index is 987. The number of aryl methyl sites for hydroxylation is 2. The molecule has 0 aliphatic rings. The maximum atomic E-state index is 12.6. The number of para-hydroxylation sites is 1. The van der Waals surface area contributed by atoms with Crippen molar-refractivity contribution in [2.75, 3.05) is 12.8 Å². The number of carbonyl (C=O) groups is 1. The van der Waals surface area contributed by atoms with E-state index in [-0.39, 0.29) is 11.9 Å². The van der Waals surface area contributed by atoms with Crippen LogP contribution in [-0.4, -0.2) is 27.8 Å². The van der Waals surface area contributed by atoms with Crippen LogP contribution in [0.25, 0.3) is 17.0 Å². The zero-order valence-corrected chi connectivity index (χ0v) is 15.6. The van der Waals surface area contributed by atoms with Gasteiger partial charge < -0.3 is 15.6 Å². The summed E-state index contributed by atoms with van der Waals surface area (Å²) in [5.41, 5.74) is 11.1. The van der Waals surface area contributed by atoms with Crippen LogP contribution in [0.4, 0.5) is 5.82 Å². The predicted molar refractivity (Wildman–Crippen MR) is 107 cm³/mol. The third-order valence-corrected chi connectivity index (χ3v) is 4.90. The number of anilines is 1. The average Bonchev–Trinajstić information content (AvgIpc) is 2.97. The maximum absolute atomic E-state index is 12.6. The molecule has 3 aromatic rings. The molecular formula is C21H24N4O. The first-order chi connectivity index (χ1) is 12.4. The number of benzene rings is 1. The second-order valence-corrected chi connectivity index (χ2v) is 6.60. The normalized spacial score (nSPS) is 12.6. The largest absolute Gasteiger partial charge is 0.383 e. The Kier molecular flexibility index (Phi) is 4.80. The van der Waals surface area contributed by atoms with Crippen molar-refractivity contribution in [1.82, 2.24) is 14.9 Å². The molecule has 1 aromatic carbocycles. The van der Waals surface area contributed by atoms with Crippen LogP contribution < -0.4 is 5.73 Å². The SMILES string of the molecule is Cc1[nH]c2c(C)cccc2c1C(C)N(C)C(=O)/C=C/c1cccnc1N. The van der Waals surface area contributed by atoms with Gasteiger partial charge in [0.25, 0.3) is 0 Å². The summed E-state index contributed by atoms with van der Waals surface area (Å²) in [6, 6.07) is 9.81. The zero-order chi connectivity index (χ0) is 18.8. The number of pyridine rings is 1. The van der Waals surface area contributed by atoms with Crippen molar-refractivity contribution in [3.05, 3.63) is 65.0 Å². The number of hydrogen-bond acceptors (Lipinski definition) is 3. The van der Waals surface area contributed by atoms with E-state index in [0.29, 0.717) is 5.82 Å². The Morgan fingerprint density at radius 3 is 2.77 bits per heavy atom. The average molecular weight is 348 g/mol. The van der Waals surface area contributed by atoms with E-state index in [9.17, 15) is 4.79 Å². The molecule has 3 N–H and O–H groups in total. The van der Waals surface area contributed by atoms with Crippen LogP contribution in [0, 0.1) is 13.8 Å². The van der Waals surface area contributed by atoms with Gasteiger partial charge in [-0.1, -0.05) is 18.2 Å². The van der Waals surface area contributed by atoms with Gasteiger partial charge in [0.15, 0.2) is 0 Å². The van der Waals surface area contributed by atoms with Crippen LogP contribution in [-0.2, 0) is 4.79 Å². The number of aromatic nitrogens is 2. The molecule has 1 atom stereocenters. The molecule has 0 aliphatic heterocycles. The monoisotopic (exact) mass is 348 g/mol. The predicted octanol–water partition coefficient (Wildman–Crippen LogP) is 3.99. The number of H-pyrrole nitrogens is 1. The lowest BCUT2D eigenvalue weighted by Gasteiger charge is -2.24. The minimum absolute atomic E-state index is 0.0612. The molecule has 0 radical (unpaired) electrons. The van der Waals surface area contributed by atoms with Gasteiger partial charge in [-0.15, -0.1) is 0 Å². The highest BCUT2D eigenvalue weighted by molar-refractivity contribution is 5.93. The van der Waals surface area contributed by atoms with Crippen molar-refractivity contribution >= 4 is 28.7 Å². The van der Waals surface area contributed by atoms with Gasteiger partial charge in [0.2, 0.25) is 5.91 Å². The number of hydrogen-bond donors (Lipinski definition) is 2. The fraction of sp³-hybridized carbons (Fsp3) is 0.238. The van der Waals surface area contributed by atoms with Crippen LogP contribution in [0.15, 0.2) is 42.6 Å². The molecule has 26 heavy (non-hydrogen) atoms. The van der Waals surface area contributed by atoms with Crippen LogP contribution in [0.1, 0.15) is 35.3 Å². The summed E-state index contributed by atoms with van der Waals surface area (Å²) in [5.74, 6) is 0.331. The van der Waals surface area contributed by atoms with Gasteiger partial charge >= 0.3 is 0 Å². The van der Waals surface area contributed by atoms with E-state index in [1.807, 2.05) is 26.1 Å². The lowest BCUT2D eigenvalue weighted by atomic mass is 10.0. The fourth-order valence-electron chi connectivity index (χ4n) is 3.29. The Balaban J connectivity index is 1.87. The number of nitrogens with two attached hydrogens (primary N) is 1. The van der Waals surface area contributed by atoms with Gasteiger partial charge in [-0.2, -0.15) is 0 Å². The van der Waals surface area contributed by atoms with Crippen molar-refractivity contribution in [1.29, 1.82) is 0 Å². The number of nitrogen functional groups attached to an aromatic ring is 1. The smallest absolute Gasteiger partial charge is 0.246 e. The first-order valence-electron chi connectivity index (χ1n) is 8.63. The minimum atomic E-state index is -0.0813. The number of likely N-dealkylation sites (N-methyl/N-ethyl adjacent to an activating group) is 1. The molecule has 5 nitrogen and oxygen atoms in total. The molecule has 3 rings (SSSR count). The van der Waals surface area contributed by atoms with Crippen molar-refractivity contribution in [2.24, 2.45) is 0 Å². The lowest BCUT2D eigenvalue weighted by Crippen LogP contribution is -2.28. The second kappa shape index (κ2) is 7.04. The van der Waals surface area contributed by atoms with Gasteiger partial charge in [-0.05, 0) is 44.5 Å². The molecule has 1 amide bonds. The first kappa shape index (κ1) is 17.7. The Labute approximate surface area is 153 Å². The lowest BCUT2D eigenvalue weighted by molar-refractivity contribution is -0.126. The Morgan fingerprint density at radius 2 is 2.04 bits per heavy atom. The maximum Gasteiger partial charge on any atom is 0.246 e. The van der Waals surface area contributed by atoms with Crippen LogP contribution in [0.3, 0.4) is 0 Å². The molecule has 0 aliphatic carbocycles. The van der Waals surface area contributed by atoms with E-state index in [1.165, 1.54) is 5.56 Å². The fourth-order valence-corrected chi connectivity index (χ4v) is 3.29. The summed E-state index contributed by atoms with van der Waals surface area (Å²) in [5, 5.41) is 1.16. The highest BCUT2D eigenvalue weighted by Gasteiger charge is 2.21. The summed E-state index contributed by atoms with van der Waals surface area (Å²) in [7, 11) is 1.82. The van der Waals surface area contributed by atoms with Crippen molar-refractivity contribution in [2.45, 2.75) is 26.8 Å². The summed E-state index contributed by atoms with van der Waals surface area (Å²) in [6.45, 7) is 6.18. The number of nitrogens with one attached hydrogen (secondary N) is 1. The van der Waals surface area contributed by atoms with E-state index in [0.717, 1.165) is 27.7 Å². The van der Waals surface area contributed by atoms with E-state index in [2.05, 4.69) is 35.9 Å². The molecule has 0 spiro atoms. The molecule has 134 valence electrons. The number of nitrogens with zero attached hydrogens (tertiary/aromatic N) is 2. The van der Waals surface area contributed by atoms with Gasteiger partial charge in [-0.3, -0.25) is 4.79 Å². The molecule has 2 aromatic heterocycles. The van der Waals surface area contributed by atoms with E-state index >= 15 is 0 Å². The Morgan fingerprint density at radius 1 is 1.27 bits per heavy atom. The molecule has 2 heterocycles. The number of amides is 1. The summed E-state index contributed by atoms with van der Waals surface area (Å²) >= 11 is 0. The molecule has 0 saturated heterocycles. The molecule has 1 unspecified atom stereocenters. The highest BCUT2D eigenvalue weighted by atomic mass is 16.2. The van der Waals surface area contributed by atoms with Gasteiger partial charge in [0, 0.05) is 47.0 Å². The molecular weight excluding hydrogens is 324 g/mol. The quantitative estimate of drug-likeness (QED) is 0.700. The summed E-state index contributed by atoms with van der Waals surface area (Å²) in [6.07, 6.45) is 4.88. The van der Waals surface area contributed by atoms with Crippen LogP contribution in [0.5, 0.6) is 0 Å². The van der Waals surface area contributed by atoms with Crippen LogP contribution in [0.2, 0.25) is 0 Å². The minimum Gasteiger partial charge on any atom is -0.383 e. The molecule has 0 bridgehead atoms.